The molecule has 0 saturated heterocycles. The number of benzene rings is 2. The van der Waals surface area contributed by atoms with E-state index in [0.29, 0.717) is 23.3 Å². The second kappa shape index (κ2) is 4.50. The van der Waals surface area contributed by atoms with Crippen LogP contribution < -0.4 is 4.74 Å². The zero-order valence-electron chi connectivity index (χ0n) is 10.5. The molecule has 0 radical (unpaired) electrons. The molecular weight excluding hydrogens is 243 g/mol. The number of para-hydroxylation sites is 1. The number of hydrogen-bond donors (Lipinski definition) is 0. The number of carbonyl (C=O) groups is 1. The van der Waals surface area contributed by atoms with Crippen LogP contribution in [-0.4, -0.2) is 5.78 Å². The summed E-state index contributed by atoms with van der Waals surface area (Å²) in [5, 5.41) is 0. The lowest BCUT2D eigenvalue weighted by atomic mass is 9.95. The molecule has 0 aliphatic carbocycles. The number of ketones is 1. The van der Waals surface area contributed by atoms with E-state index in [-0.39, 0.29) is 17.7 Å². The molecule has 0 spiro atoms. The van der Waals surface area contributed by atoms with E-state index in [9.17, 15) is 9.18 Å². The standard InChI is InChI=1S/C16H13FO2/c1-10-8-11(6-7-13(10)17)16-9-14(18)12-4-2-3-5-15(12)19-16/h2-8,16H,9H2,1H3. The molecule has 3 rings (SSSR count). The van der Waals surface area contributed by atoms with Crippen molar-refractivity contribution >= 4 is 5.78 Å². The van der Waals surface area contributed by atoms with Crippen molar-refractivity contribution in [3.8, 4) is 5.75 Å². The molecule has 1 aliphatic rings. The molecule has 96 valence electrons. The maximum absolute atomic E-state index is 13.3. The van der Waals surface area contributed by atoms with Gasteiger partial charge in [0, 0.05) is 0 Å². The second-order valence-electron chi connectivity index (χ2n) is 4.74. The molecular formula is C16H13FO2. The van der Waals surface area contributed by atoms with Gasteiger partial charge >= 0.3 is 0 Å². The molecule has 1 aliphatic heterocycles. The summed E-state index contributed by atoms with van der Waals surface area (Å²) in [7, 11) is 0. The van der Waals surface area contributed by atoms with Gasteiger partial charge in [-0.1, -0.05) is 18.2 Å². The maximum Gasteiger partial charge on any atom is 0.170 e. The summed E-state index contributed by atoms with van der Waals surface area (Å²) >= 11 is 0. The van der Waals surface area contributed by atoms with Gasteiger partial charge in [-0.15, -0.1) is 0 Å². The Morgan fingerprint density at radius 1 is 1.21 bits per heavy atom. The fraction of sp³-hybridized carbons (Fsp3) is 0.188. The lowest BCUT2D eigenvalue weighted by Gasteiger charge is -2.25. The average molecular weight is 256 g/mol. The third-order valence-corrected chi connectivity index (χ3v) is 3.38. The van der Waals surface area contributed by atoms with Crippen molar-refractivity contribution in [3.63, 3.8) is 0 Å². The first kappa shape index (κ1) is 11.9. The number of ether oxygens (including phenoxy) is 1. The topological polar surface area (TPSA) is 26.3 Å². The van der Waals surface area contributed by atoms with Gasteiger partial charge in [-0.05, 0) is 42.3 Å². The highest BCUT2D eigenvalue weighted by molar-refractivity contribution is 5.99. The first-order valence-corrected chi connectivity index (χ1v) is 6.20. The second-order valence-corrected chi connectivity index (χ2v) is 4.74. The Labute approximate surface area is 110 Å². The minimum absolute atomic E-state index is 0.0637. The molecule has 0 N–H and O–H groups in total. The van der Waals surface area contributed by atoms with Crippen molar-refractivity contribution in [2.45, 2.75) is 19.4 Å². The summed E-state index contributed by atoms with van der Waals surface area (Å²) in [4.78, 5) is 12.1. The number of Topliss-reactive ketones (excluding diaryl/α,β-unsaturated/α-hetero) is 1. The molecule has 0 bridgehead atoms. The van der Waals surface area contributed by atoms with Crippen LogP contribution in [0.1, 0.15) is 34.0 Å². The van der Waals surface area contributed by atoms with Crippen molar-refractivity contribution in [3.05, 3.63) is 65.0 Å². The molecule has 0 aromatic heterocycles. The van der Waals surface area contributed by atoms with Crippen molar-refractivity contribution in [1.29, 1.82) is 0 Å². The minimum atomic E-state index is -0.332. The number of rotatable bonds is 1. The van der Waals surface area contributed by atoms with Crippen LogP contribution in [0.15, 0.2) is 42.5 Å². The van der Waals surface area contributed by atoms with Crippen LogP contribution in [0.25, 0.3) is 0 Å². The van der Waals surface area contributed by atoms with E-state index in [4.69, 9.17) is 4.74 Å². The van der Waals surface area contributed by atoms with Crippen LogP contribution in [0, 0.1) is 12.7 Å². The predicted octanol–water partition coefficient (Wildman–Crippen LogP) is 3.84. The zero-order valence-corrected chi connectivity index (χ0v) is 10.5. The van der Waals surface area contributed by atoms with Crippen molar-refractivity contribution in [1.82, 2.24) is 0 Å². The van der Waals surface area contributed by atoms with Crippen molar-refractivity contribution in [2.24, 2.45) is 0 Å². The van der Waals surface area contributed by atoms with Gasteiger partial charge in [-0.2, -0.15) is 0 Å². The van der Waals surface area contributed by atoms with Crippen LogP contribution >= 0.6 is 0 Å². The average Bonchev–Trinajstić information content (AvgIpc) is 2.42. The van der Waals surface area contributed by atoms with Crippen LogP contribution in [-0.2, 0) is 0 Å². The van der Waals surface area contributed by atoms with E-state index in [2.05, 4.69) is 0 Å². The Bertz CT molecular complexity index is 649. The summed E-state index contributed by atoms with van der Waals surface area (Å²) in [5.74, 6) is 0.422. The molecule has 2 aromatic carbocycles. The SMILES string of the molecule is Cc1cc(C2CC(=O)c3ccccc3O2)ccc1F. The lowest BCUT2D eigenvalue weighted by Crippen LogP contribution is -2.20. The minimum Gasteiger partial charge on any atom is -0.484 e. The normalized spacial score (nSPS) is 17.8. The third-order valence-electron chi connectivity index (χ3n) is 3.38. The van der Waals surface area contributed by atoms with Crippen LogP contribution in [0.2, 0.25) is 0 Å². The summed E-state index contributed by atoms with van der Waals surface area (Å²) in [6.45, 7) is 1.71. The fourth-order valence-corrected chi connectivity index (χ4v) is 2.33. The van der Waals surface area contributed by atoms with Gasteiger partial charge in [0.2, 0.25) is 0 Å². The van der Waals surface area contributed by atoms with Crippen molar-refractivity contribution in [2.75, 3.05) is 0 Å². The summed E-state index contributed by atoms with van der Waals surface area (Å²) < 4.78 is 19.1. The summed E-state index contributed by atoms with van der Waals surface area (Å²) in [5.41, 5.74) is 2.02. The van der Waals surface area contributed by atoms with Crippen LogP contribution in [0.4, 0.5) is 4.39 Å². The number of aryl methyl sites for hydroxylation is 1. The largest absolute Gasteiger partial charge is 0.484 e. The molecule has 0 amide bonds. The monoisotopic (exact) mass is 256 g/mol. The molecule has 1 heterocycles. The molecule has 0 fully saturated rings. The zero-order chi connectivity index (χ0) is 13.4. The van der Waals surface area contributed by atoms with E-state index in [1.807, 2.05) is 12.1 Å². The molecule has 2 nitrogen and oxygen atoms in total. The number of halogens is 1. The Morgan fingerprint density at radius 3 is 2.79 bits per heavy atom. The molecule has 1 atom stereocenters. The summed E-state index contributed by atoms with van der Waals surface area (Å²) in [6, 6.07) is 12.0. The number of fused-ring (bicyclic) bond motifs is 1. The van der Waals surface area contributed by atoms with Gasteiger partial charge in [-0.3, -0.25) is 4.79 Å². The fourth-order valence-electron chi connectivity index (χ4n) is 2.33. The maximum atomic E-state index is 13.3. The molecule has 2 aromatic rings. The van der Waals surface area contributed by atoms with Crippen LogP contribution in [0.5, 0.6) is 5.75 Å². The molecule has 1 unspecified atom stereocenters. The van der Waals surface area contributed by atoms with E-state index in [1.165, 1.54) is 6.07 Å². The highest BCUT2D eigenvalue weighted by atomic mass is 19.1. The summed E-state index contributed by atoms with van der Waals surface area (Å²) in [6.07, 6.45) is -0.0380. The number of carbonyl (C=O) groups excluding carboxylic acids is 1. The van der Waals surface area contributed by atoms with Crippen LogP contribution in [0.3, 0.4) is 0 Å². The highest BCUT2D eigenvalue weighted by Crippen LogP contribution is 2.34. The van der Waals surface area contributed by atoms with Gasteiger partial charge in [0.05, 0.1) is 12.0 Å². The first-order valence-electron chi connectivity index (χ1n) is 6.20. The first-order chi connectivity index (χ1) is 9.15. The molecule has 3 heteroatoms. The van der Waals surface area contributed by atoms with E-state index in [1.54, 1.807) is 31.2 Å². The van der Waals surface area contributed by atoms with Gasteiger partial charge in [0.25, 0.3) is 0 Å². The van der Waals surface area contributed by atoms with Gasteiger partial charge in [0.15, 0.2) is 5.78 Å². The highest BCUT2D eigenvalue weighted by Gasteiger charge is 2.27. The Kier molecular flexibility index (Phi) is 2.82. The Balaban J connectivity index is 1.96. The van der Waals surface area contributed by atoms with E-state index >= 15 is 0 Å². The van der Waals surface area contributed by atoms with Crippen molar-refractivity contribution < 1.29 is 13.9 Å². The van der Waals surface area contributed by atoms with E-state index in [0.717, 1.165) is 5.56 Å². The Morgan fingerprint density at radius 2 is 2.00 bits per heavy atom. The van der Waals surface area contributed by atoms with Gasteiger partial charge in [-0.25, -0.2) is 4.39 Å². The molecule has 0 saturated carbocycles. The van der Waals surface area contributed by atoms with Gasteiger partial charge < -0.3 is 4.74 Å². The lowest BCUT2D eigenvalue weighted by molar-refractivity contribution is 0.0850. The van der Waals surface area contributed by atoms with Gasteiger partial charge in [0.1, 0.15) is 17.7 Å². The Hall–Kier alpha value is -2.16. The number of hydrogen-bond acceptors (Lipinski definition) is 2. The smallest absolute Gasteiger partial charge is 0.170 e. The molecule has 19 heavy (non-hydrogen) atoms. The third kappa shape index (κ3) is 2.12. The quantitative estimate of drug-likeness (QED) is 0.774. The van der Waals surface area contributed by atoms with E-state index < -0.39 is 0 Å². The predicted molar refractivity (Wildman–Crippen MR) is 69.9 cm³/mol.